The molecule has 0 heterocycles. The molecule has 2 amide bonds. The number of carbonyl (C=O) groups is 2. The topological polar surface area (TPSA) is 78.4 Å². The van der Waals surface area contributed by atoms with Gasteiger partial charge < -0.3 is 15.7 Å². The lowest BCUT2D eigenvalue weighted by Crippen LogP contribution is -2.45. The van der Waals surface area contributed by atoms with Gasteiger partial charge >= 0.3 is 12.0 Å². The average Bonchev–Trinajstić information content (AvgIpc) is 2.79. The molecule has 1 aromatic rings. The summed E-state index contributed by atoms with van der Waals surface area (Å²) in [5.74, 6) is -1.13. The van der Waals surface area contributed by atoms with Gasteiger partial charge in [0.15, 0.2) is 0 Å². The Morgan fingerprint density at radius 2 is 1.71 bits per heavy atom. The van der Waals surface area contributed by atoms with Crippen LogP contribution in [0.25, 0.3) is 0 Å². The number of carboxylic acids is 1. The molecule has 1 aliphatic rings. The maximum Gasteiger partial charge on any atom is 0.335 e. The van der Waals surface area contributed by atoms with Gasteiger partial charge in [-0.3, -0.25) is 0 Å². The molecular formula is C14H16Cl2N2O3. The van der Waals surface area contributed by atoms with Gasteiger partial charge in [0.2, 0.25) is 0 Å². The predicted octanol–water partition coefficient (Wildman–Crippen LogP) is 4.15. The van der Waals surface area contributed by atoms with Gasteiger partial charge in [0.05, 0.1) is 21.3 Å². The minimum atomic E-state index is -1.13. The minimum absolute atomic E-state index is 0.0290. The van der Waals surface area contributed by atoms with E-state index in [1.807, 2.05) is 6.92 Å². The van der Waals surface area contributed by atoms with Crippen molar-refractivity contribution < 1.29 is 14.7 Å². The zero-order valence-corrected chi connectivity index (χ0v) is 13.0. The fourth-order valence-electron chi connectivity index (χ4n) is 2.52. The Labute approximate surface area is 132 Å². The van der Waals surface area contributed by atoms with Crippen LogP contribution in [0.4, 0.5) is 10.5 Å². The first-order valence-corrected chi connectivity index (χ1v) is 7.38. The summed E-state index contributed by atoms with van der Waals surface area (Å²) in [4.78, 5) is 22.9. The molecule has 5 nitrogen and oxygen atoms in total. The Hall–Kier alpha value is -1.46. The van der Waals surface area contributed by atoms with Crippen LogP contribution in [0.1, 0.15) is 43.0 Å². The summed E-state index contributed by atoms with van der Waals surface area (Å²) >= 11 is 12.0. The first-order valence-electron chi connectivity index (χ1n) is 6.62. The highest BCUT2D eigenvalue weighted by molar-refractivity contribution is 6.40. The summed E-state index contributed by atoms with van der Waals surface area (Å²) in [5, 5.41) is 14.6. The van der Waals surface area contributed by atoms with Crippen molar-refractivity contribution in [3.63, 3.8) is 0 Å². The third-order valence-electron chi connectivity index (χ3n) is 3.65. The fraction of sp³-hybridized carbons (Fsp3) is 0.429. The van der Waals surface area contributed by atoms with Gasteiger partial charge in [-0.1, -0.05) is 36.0 Å². The van der Waals surface area contributed by atoms with Gasteiger partial charge in [0, 0.05) is 5.54 Å². The molecule has 114 valence electrons. The van der Waals surface area contributed by atoms with Gasteiger partial charge in [-0.15, -0.1) is 0 Å². The summed E-state index contributed by atoms with van der Waals surface area (Å²) in [6, 6.07) is 2.11. The van der Waals surface area contributed by atoms with Crippen LogP contribution in [0, 0.1) is 0 Å². The van der Waals surface area contributed by atoms with Crippen LogP contribution in [-0.4, -0.2) is 22.6 Å². The molecule has 0 aliphatic heterocycles. The molecule has 21 heavy (non-hydrogen) atoms. The van der Waals surface area contributed by atoms with Crippen molar-refractivity contribution in [3.05, 3.63) is 27.7 Å². The molecule has 1 fully saturated rings. The summed E-state index contributed by atoms with van der Waals surface area (Å²) in [7, 11) is 0. The van der Waals surface area contributed by atoms with E-state index in [-0.39, 0.29) is 26.8 Å². The highest BCUT2D eigenvalue weighted by atomic mass is 35.5. The number of urea groups is 1. The largest absolute Gasteiger partial charge is 0.478 e. The van der Waals surface area contributed by atoms with Crippen LogP contribution < -0.4 is 10.6 Å². The van der Waals surface area contributed by atoms with E-state index in [9.17, 15) is 9.59 Å². The predicted molar refractivity (Wildman–Crippen MR) is 82.4 cm³/mol. The lowest BCUT2D eigenvalue weighted by Gasteiger charge is -2.25. The van der Waals surface area contributed by atoms with E-state index in [1.165, 1.54) is 12.1 Å². The van der Waals surface area contributed by atoms with Gasteiger partial charge in [-0.2, -0.15) is 0 Å². The summed E-state index contributed by atoms with van der Waals surface area (Å²) < 4.78 is 0. The molecule has 0 atom stereocenters. The molecule has 1 aromatic carbocycles. The first kappa shape index (κ1) is 15.9. The minimum Gasteiger partial charge on any atom is -0.478 e. The molecule has 0 aromatic heterocycles. The van der Waals surface area contributed by atoms with Gasteiger partial charge in [-0.05, 0) is 31.9 Å². The smallest absolute Gasteiger partial charge is 0.335 e. The SMILES string of the molecule is CC1(NC(=O)Nc2c(Cl)cc(C(=O)O)cc2Cl)CCCC1. The van der Waals surface area contributed by atoms with Crippen molar-refractivity contribution in [3.8, 4) is 0 Å². The van der Waals surface area contributed by atoms with E-state index in [0.29, 0.717) is 0 Å². The van der Waals surface area contributed by atoms with Crippen LogP contribution in [0.15, 0.2) is 12.1 Å². The van der Waals surface area contributed by atoms with Crippen molar-refractivity contribution in [1.29, 1.82) is 0 Å². The lowest BCUT2D eigenvalue weighted by molar-refractivity contribution is 0.0697. The number of aromatic carboxylic acids is 1. The third kappa shape index (κ3) is 3.80. The maximum absolute atomic E-state index is 12.0. The van der Waals surface area contributed by atoms with Crippen molar-refractivity contribution in [2.24, 2.45) is 0 Å². The van der Waals surface area contributed by atoms with Gasteiger partial charge in [0.1, 0.15) is 0 Å². The molecule has 1 aliphatic carbocycles. The molecule has 0 unspecified atom stereocenters. The molecule has 2 rings (SSSR count). The number of carboxylic acid groups (broad SMARTS) is 1. The number of halogens is 2. The Morgan fingerprint density at radius 3 is 2.19 bits per heavy atom. The Morgan fingerprint density at radius 1 is 1.19 bits per heavy atom. The molecule has 0 spiro atoms. The number of anilines is 1. The molecule has 7 heteroatoms. The highest BCUT2D eigenvalue weighted by Crippen LogP contribution is 2.33. The van der Waals surface area contributed by atoms with E-state index in [4.69, 9.17) is 28.3 Å². The number of amides is 2. The number of nitrogens with one attached hydrogen (secondary N) is 2. The van der Waals surface area contributed by atoms with E-state index >= 15 is 0 Å². The standard InChI is InChI=1S/C14H16Cl2N2O3/c1-14(4-2-3-5-14)18-13(21)17-11-9(15)6-8(12(19)20)7-10(11)16/h6-7H,2-5H2,1H3,(H,19,20)(H2,17,18,21). The van der Waals surface area contributed by atoms with Crippen molar-refractivity contribution >= 4 is 40.9 Å². The normalized spacial score (nSPS) is 16.5. The van der Waals surface area contributed by atoms with E-state index < -0.39 is 12.0 Å². The number of rotatable bonds is 3. The Bertz CT molecular complexity index is 561. The van der Waals surface area contributed by atoms with E-state index in [0.717, 1.165) is 25.7 Å². The number of hydrogen-bond donors (Lipinski definition) is 3. The number of benzene rings is 1. The second-order valence-electron chi connectivity index (χ2n) is 5.47. The molecule has 0 bridgehead atoms. The lowest BCUT2D eigenvalue weighted by atomic mass is 10.0. The number of carbonyl (C=O) groups excluding carboxylic acids is 1. The third-order valence-corrected chi connectivity index (χ3v) is 4.25. The second kappa shape index (κ2) is 6.12. The Balaban J connectivity index is 2.12. The Kier molecular flexibility index (Phi) is 4.64. The van der Waals surface area contributed by atoms with Crippen LogP contribution in [0.5, 0.6) is 0 Å². The van der Waals surface area contributed by atoms with Crippen LogP contribution in [0.3, 0.4) is 0 Å². The molecular weight excluding hydrogens is 315 g/mol. The first-order chi connectivity index (χ1) is 9.81. The monoisotopic (exact) mass is 330 g/mol. The zero-order valence-electron chi connectivity index (χ0n) is 11.5. The number of hydrogen-bond acceptors (Lipinski definition) is 2. The highest BCUT2D eigenvalue weighted by Gasteiger charge is 2.30. The van der Waals surface area contributed by atoms with E-state index in [2.05, 4.69) is 10.6 Å². The molecule has 0 radical (unpaired) electrons. The van der Waals surface area contributed by atoms with Crippen molar-refractivity contribution in [1.82, 2.24) is 5.32 Å². The van der Waals surface area contributed by atoms with Crippen molar-refractivity contribution in [2.75, 3.05) is 5.32 Å². The van der Waals surface area contributed by atoms with Crippen LogP contribution in [-0.2, 0) is 0 Å². The second-order valence-corrected chi connectivity index (χ2v) is 6.28. The van der Waals surface area contributed by atoms with Crippen LogP contribution in [0.2, 0.25) is 10.0 Å². The molecule has 3 N–H and O–H groups in total. The summed E-state index contributed by atoms with van der Waals surface area (Å²) in [6.07, 6.45) is 4.04. The zero-order chi connectivity index (χ0) is 15.6. The van der Waals surface area contributed by atoms with Gasteiger partial charge in [-0.25, -0.2) is 9.59 Å². The average molecular weight is 331 g/mol. The van der Waals surface area contributed by atoms with Gasteiger partial charge in [0.25, 0.3) is 0 Å². The molecule has 0 saturated heterocycles. The molecule has 1 saturated carbocycles. The van der Waals surface area contributed by atoms with E-state index in [1.54, 1.807) is 0 Å². The fourth-order valence-corrected chi connectivity index (χ4v) is 3.10. The summed E-state index contributed by atoms with van der Waals surface area (Å²) in [6.45, 7) is 2.00. The maximum atomic E-state index is 12.0. The van der Waals surface area contributed by atoms with Crippen LogP contribution >= 0.6 is 23.2 Å². The summed E-state index contributed by atoms with van der Waals surface area (Å²) in [5.41, 5.74) is -0.0366. The van der Waals surface area contributed by atoms with Crippen molar-refractivity contribution in [2.45, 2.75) is 38.1 Å². The quantitative estimate of drug-likeness (QED) is 0.779.